The quantitative estimate of drug-likeness (QED) is 0.484. The Morgan fingerprint density at radius 3 is 2.82 bits per heavy atom. The van der Waals surface area contributed by atoms with Crippen LogP contribution in [0.25, 0.3) is 16.8 Å². The lowest BCUT2D eigenvalue weighted by molar-refractivity contribution is 0.619. The Labute approximate surface area is 169 Å². The van der Waals surface area contributed by atoms with E-state index in [1.54, 1.807) is 0 Å². The Hall–Kier alpha value is -2.72. The maximum atomic E-state index is 6.17. The largest absolute Gasteiger partial charge is 0.377 e. The van der Waals surface area contributed by atoms with E-state index in [0.29, 0.717) is 6.54 Å². The Bertz CT molecular complexity index is 1140. The second-order valence-electron chi connectivity index (χ2n) is 7.49. The van der Waals surface area contributed by atoms with Gasteiger partial charge in [0.1, 0.15) is 5.65 Å². The van der Waals surface area contributed by atoms with Gasteiger partial charge in [-0.05, 0) is 49.4 Å². The normalized spacial score (nSPS) is 13.6. The standard InChI is InChI=1S/C23H23ClN4/c1-16-10-11-18(24)13-21(16)25-14-22-26-28-15-20(17-7-3-2-4-8-17)19-9-5-6-12-27(22)23(19)28/h2-4,7-8,10-11,13,15,25H,5-6,9,12,14H2,1H3. The molecule has 0 radical (unpaired) electrons. The predicted molar refractivity (Wildman–Crippen MR) is 115 cm³/mol. The molecule has 5 heteroatoms. The zero-order chi connectivity index (χ0) is 19.1. The molecule has 4 nitrogen and oxygen atoms in total. The van der Waals surface area contributed by atoms with Gasteiger partial charge in [-0.3, -0.25) is 0 Å². The summed E-state index contributed by atoms with van der Waals surface area (Å²) in [5.74, 6) is 1.07. The number of nitrogens with one attached hydrogen (secondary N) is 1. The molecule has 0 unspecified atom stereocenters. The molecule has 0 atom stereocenters. The van der Waals surface area contributed by atoms with Crippen molar-refractivity contribution in [1.82, 2.24) is 14.2 Å². The molecule has 4 aromatic rings. The van der Waals surface area contributed by atoms with Crippen LogP contribution in [0.3, 0.4) is 0 Å². The van der Waals surface area contributed by atoms with Gasteiger partial charge in [0.2, 0.25) is 0 Å². The van der Waals surface area contributed by atoms with Gasteiger partial charge in [0.05, 0.1) is 6.54 Å². The first-order valence-corrected chi connectivity index (χ1v) is 10.2. The van der Waals surface area contributed by atoms with Crippen molar-refractivity contribution in [3.63, 3.8) is 0 Å². The summed E-state index contributed by atoms with van der Waals surface area (Å²) in [6.07, 6.45) is 5.68. The molecule has 1 N–H and O–H groups in total. The van der Waals surface area contributed by atoms with Crippen LogP contribution < -0.4 is 5.32 Å². The second kappa shape index (κ2) is 7.02. The third kappa shape index (κ3) is 2.98. The van der Waals surface area contributed by atoms with Crippen LogP contribution in [0.1, 0.15) is 29.8 Å². The van der Waals surface area contributed by atoms with Crippen molar-refractivity contribution in [2.24, 2.45) is 0 Å². The van der Waals surface area contributed by atoms with E-state index in [1.807, 2.05) is 18.2 Å². The smallest absolute Gasteiger partial charge is 0.150 e. The maximum Gasteiger partial charge on any atom is 0.150 e. The van der Waals surface area contributed by atoms with Crippen molar-refractivity contribution >= 4 is 22.9 Å². The molecule has 1 aliphatic heterocycles. The predicted octanol–water partition coefficient (Wildman–Crippen LogP) is 5.71. The molecular formula is C23H23ClN4. The molecule has 28 heavy (non-hydrogen) atoms. The number of rotatable bonds is 4. The zero-order valence-electron chi connectivity index (χ0n) is 16.0. The van der Waals surface area contributed by atoms with Crippen molar-refractivity contribution < 1.29 is 0 Å². The second-order valence-corrected chi connectivity index (χ2v) is 7.93. The fourth-order valence-electron chi connectivity index (χ4n) is 4.19. The van der Waals surface area contributed by atoms with Gasteiger partial charge in [0, 0.05) is 34.6 Å². The first-order valence-electron chi connectivity index (χ1n) is 9.86. The topological polar surface area (TPSA) is 34.3 Å². The molecule has 2 aromatic heterocycles. The molecule has 0 bridgehead atoms. The molecule has 0 saturated heterocycles. The number of hydrogen-bond acceptors (Lipinski definition) is 2. The molecule has 0 aliphatic carbocycles. The lowest BCUT2D eigenvalue weighted by Crippen LogP contribution is -2.09. The number of benzene rings is 2. The Balaban J connectivity index is 1.53. The highest BCUT2D eigenvalue weighted by atomic mass is 35.5. The van der Waals surface area contributed by atoms with Crippen molar-refractivity contribution in [3.05, 3.63) is 76.7 Å². The molecule has 1 aliphatic rings. The van der Waals surface area contributed by atoms with Crippen LogP contribution in [0.5, 0.6) is 0 Å². The first kappa shape index (κ1) is 17.4. The summed E-state index contributed by atoms with van der Waals surface area (Å²) in [6.45, 7) is 3.79. The number of halogens is 1. The minimum Gasteiger partial charge on any atom is -0.377 e. The SMILES string of the molecule is Cc1ccc(Cl)cc1NCc1nn2cc(-c3ccccc3)c3c2n1CCCC3. The van der Waals surface area contributed by atoms with Crippen LogP contribution in [-0.4, -0.2) is 14.2 Å². The van der Waals surface area contributed by atoms with E-state index in [-0.39, 0.29) is 0 Å². The third-order valence-electron chi connectivity index (χ3n) is 5.63. The lowest BCUT2D eigenvalue weighted by Gasteiger charge is -2.11. The van der Waals surface area contributed by atoms with Crippen LogP contribution >= 0.6 is 11.6 Å². The maximum absolute atomic E-state index is 6.17. The van der Waals surface area contributed by atoms with Crippen LogP contribution in [0.2, 0.25) is 5.02 Å². The van der Waals surface area contributed by atoms with Gasteiger partial charge < -0.3 is 9.88 Å². The molecule has 0 saturated carbocycles. The highest BCUT2D eigenvalue weighted by Crippen LogP contribution is 2.33. The fourth-order valence-corrected chi connectivity index (χ4v) is 4.36. The van der Waals surface area contributed by atoms with Crippen molar-refractivity contribution in [2.75, 3.05) is 5.32 Å². The third-order valence-corrected chi connectivity index (χ3v) is 5.87. The zero-order valence-corrected chi connectivity index (χ0v) is 16.7. The highest BCUT2D eigenvalue weighted by Gasteiger charge is 2.22. The van der Waals surface area contributed by atoms with Crippen LogP contribution in [0.15, 0.2) is 54.7 Å². The van der Waals surface area contributed by atoms with Gasteiger partial charge in [0.25, 0.3) is 0 Å². The van der Waals surface area contributed by atoms with E-state index in [2.05, 4.69) is 57.9 Å². The van der Waals surface area contributed by atoms with Crippen molar-refractivity contribution in [1.29, 1.82) is 0 Å². The number of hydrogen-bond donors (Lipinski definition) is 1. The molecule has 0 fully saturated rings. The molecular weight excluding hydrogens is 368 g/mol. The summed E-state index contributed by atoms with van der Waals surface area (Å²) in [6, 6.07) is 16.6. The van der Waals surface area contributed by atoms with Gasteiger partial charge in [-0.15, -0.1) is 0 Å². The first-order chi connectivity index (χ1) is 13.7. The summed E-state index contributed by atoms with van der Waals surface area (Å²) in [5, 5.41) is 9.20. The Morgan fingerprint density at radius 2 is 1.96 bits per heavy atom. The summed E-state index contributed by atoms with van der Waals surface area (Å²) >= 11 is 6.17. The summed E-state index contributed by atoms with van der Waals surface area (Å²) in [5.41, 5.74) is 7.49. The van der Waals surface area contributed by atoms with E-state index in [0.717, 1.165) is 29.5 Å². The average molecular weight is 391 g/mol. The van der Waals surface area contributed by atoms with Gasteiger partial charge >= 0.3 is 0 Å². The van der Waals surface area contributed by atoms with Gasteiger partial charge in [-0.1, -0.05) is 48.0 Å². The van der Waals surface area contributed by atoms with Gasteiger partial charge in [0.15, 0.2) is 5.82 Å². The van der Waals surface area contributed by atoms with E-state index < -0.39 is 0 Å². The number of aryl methyl sites for hydroxylation is 3. The van der Waals surface area contributed by atoms with Crippen LogP contribution in [0.4, 0.5) is 5.69 Å². The number of nitrogens with zero attached hydrogens (tertiary/aromatic N) is 3. The minimum atomic E-state index is 0.684. The monoisotopic (exact) mass is 390 g/mol. The van der Waals surface area contributed by atoms with E-state index in [4.69, 9.17) is 16.7 Å². The molecule has 0 amide bonds. The van der Waals surface area contributed by atoms with Gasteiger partial charge in [-0.2, -0.15) is 5.10 Å². The molecule has 0 spiro atoms. The van der Waals surface area contributed by atoms with Crippen molar-refractivity contribution in [2.45, 2.75) is 39.3 Å². The Morgan fingerprint density at radius 1 is 1.11 bits per heavy atom. The molecule has 3 heterocycles. The fraction of sp³-hybridized carbons (Fsp3) is 0.261. The molecule has 5 rings (SSSR count). The summed E-state index contributed by atoms with van der Waals surface area (Å²) in [4.78, 5) is 0. The van der Waals surface area contributed by atoms with E-state index in [9.17, 15) is 0 Å². The molecule has 2 aromatic carbocycles. The van der Waals surface area contributed by atoms with Crippen LogP contribution in [0, 0.1) is 6.92 Å². The number of aromatic nitrogens is 3. The van der Waals surface area contributed by atoms with Crippen LogP contribution in [-0.2, 0) is 19.5 Å². The average Bonchev–Trinajstić information content (AvgIpc) is 3.13. The van der Waals surface area contributed by atoms with Crippen molar-refractivity contribution in [3.8, 4) is 11.1 Å². The Kier molecular flexibility index (Phi) is 4.36. The highest BCUT2D eigenvalue weighted by molar-refractivity contribution is 6.30. The van der Waals surface area contributed by atoms with Gasteiger partial charge in [-0.25, -0.2) is 4.52 Å². The molecule has 142 valence electrons. The summed E-state index contributed by atoms with van der Waals surface area (Å²) in [7, 11) is 0. The number of anilines is 1. The van der Waals surface area contributed by atoms with E-state index >= 15 is 0 Å². The lowest BCUT2D eigenvalue weighted by atomic mass is 10.0. The minimum absolute atomic E-state index is 0.684. The summed E-state index contributed by atoms with van der Waals surface area (Å²) < 4.78 is 4.46. The van der Waals surface area contributed by atoms with E-state index in [1.165, 1.54) is 40.7 Å².